The highest BCUT2D eigenvalue weighted by Gasteiger charge is 2.93. The number of esters is 2. The average Bonchev–Trinajstić information content (AvgIpc) is 3.43. The van der Waals surface area contributed by atoms with E-state index >= 15 is 4.79 Å². The minimum absolute atomic E-state index is 0.0383. The first-order valence-corrected chi connectivity index (χ1v) is 20.8. The molecule has 53 heavy (non-hydrogen) atoms. The van der Waals surface area contributed by atoms with Gasteiger partial charge >= 0.3 is 11.9 Å². The Balaban J connectivity index is 1.00. The molecule has 11 nitrogen and oxygen atoms in total. The van der Waals surface area contributed by atoms with Crippen LogP contribution in [0.3, 0.4) is 0 Å². The number of hydrogen-bond donors (Lipinski definition) is 1. The summed E-state index contributed by atoms with van der Waals surface area (Å²) in [5.74, 6) is -0.673. The lowest BCUT2D eigenvalue weighted by Crippen LogP contribution is -2.79. The van der Waals surface area contributed by atoms with Crippen LogP contribution in [0.25, 0.3) is 0 Å². The van der Waals surface area contributed by atoms with E-state index in [0.717, 1.165) is 69.9 Å². The van der Waals surface area contributed by atoms with Crippen LogP contribution < -0.4 is 0 Å². The van der Waals surface area contributed by atoms with Crippen molar-refractivity contribution in [3.05, 3.63) is 11.6 Å². The monoisotopic (exact) mass is 733 g/mol. The summed E-state index contributed by atoms with van der Waals surface area (Å²) < 4.78 is 31.2. The average molecular weight is 734 g/mol. The van der Waals surface area contributed by atoms with Gasteiger partial charge in [0.15, 0.2) is 24.6 Å². The zero-order chi connectivity index (χ0) is 36.5. The zero-order valence-electron chi connectivity index (χ0n) is 31.6. The van der Waals surface area contributed by atoms with Crippen molar-refractivity contribution in [2.45, 2.75) is 152 Å². The molecule has 4 saturated heterocycles. The van der Waals surface area contributed by atoms with E-state index in [1.54, 1.807) is 6.34 Å². The molecule has 2 spiro atoms. The second-order valence-electron chi connectivity index (χ2n) is 19.2. The standard InChI is InChI=1S/C42H56N2O9/c1-38(2)33-32(46)34(47)41(25-7-5-4-6-8-25)29(40(33)21-50-31(45)19-30(40)52-38)15-17-39(3)35(51-37(48)36-42(39,41)53-36)26-16-18-49-28(26)14-11-23-9-12-24(13-10-23)27-20-43-22-44-27/h16,22-25,28-30,33-36,47H,4-15,17-21H2,1-3H3/p+1. The van der Waals surface area contributed by atoms with Crippen LogP contribution in [0.4, 0.5) is 0 Å². The van der Waals surface area contributed by atoms with Gasteiger partial charge in [-0.3, -0.25) is 14.6 Å². The topological polar surface area (TPSA) is 149 Å². The van der Waals surface area contributed by atoms with E-state index in [1.165, 1.54) is 18.6 Å². The van der Waals surface area contributed by atoms with Crippen molar-refractivity contribution in [3.63, 3.8) is 0 Å². The summed E-state index contributed by atoms with van der Waals surface area (Å²) in [6, 6.07) is 0. The van der Waals surface area contributed by atoms with Crippen molar-refractivity contribution < 1.29 is 43.2 Å². The predicted octanol–water partition coefficient (Wildman–Crippen LogP) is 4.61. The van der Waals surface area contributed by atoms with E-state index in [-0.39, 0.29) is 48.7 Å². The highest BCUT2D eigenvalue weighted by Crippen LogP contribution is 2.81. The molecule has 11 atom stereocenters. The Hall–Kier alpha value is -2.47. The predicted molar refractivity (Wildman–Crippen MR) is 193 cm³/mol. The van der Waals surface area contributed by atoms with Crippen LogP contribution in [0.15, 0.2) is 21.6 Å². The lowest BCUT2D eigenvalue weighted by Gasteiger charge is -2.70. The summed E-state index contributed by atoms with van der Waals surface area (Å²) in [5.41, 5.74) is -2.22. The fourth-order valence-electron chi connectivity index (χ4n) is 14.8. The molecule has 11 unspecified atom stereocenters. The van der Waals surface area contributed by atoms with Gasteiger partial charge in [0.1, 0.15) is 30.8 Å². The molecule has 10 rings (SSSR count). The maximum Gasteiger partial charge on any atom is 0.339 e. The third kappa shape index (κ3) is 4.51. The molecule has 10 aliphatic rings. The summed E-state index contributed by atoms with van der Waals surface area (Å²) >= 11 is 0. The van der Waals surface area contributed by atoms with Crippen molar-refractivity contribution >= 4 is 29.8 Å². The van der Waals surface area contributed by atoms with E-state index in [4.69, 9.17) is 23.7 Å². The van der Waals surface area contributed by atoms with Gasteiger partial charge in [0.05, 0.1) is 36.2 Å². The molecule has 4 aliphatic carbocycles. The quantitative estimate of drug-likeness (QED) is 0.180. The molecule has 0 bridgehead atoms. The maximum absolute atomic E-state index is 15.1. The number of aliphatic imine (C=N–C) groups is 2. The Morgan fingerprint density at radius 2 is 1.74 bits per heavy atom. The number of aliphatic hydroxyl groups is 3. The summed E-state index contributed by atoms with van der Waals surface area (Å²) in [7, 11) is 0. The number of epoxide rings is 1. The second kappa shape index (κ2) is 12.0. The van der Waals surface area contributed by atoms with Gasteiger partial charge in [-0.25, -0.2) is 9.79 Å². The number of nitrogens with zero attached hydrogens (tertiary/aromatic N) is 2. The Labute approximate surface area is 312 Å². The summed E-state index contributed by atoms with van der Waals surface area (Å²) in [5, 5.41) is 13.0. The highest BCUT2D eigenvalue weighted by molar-refractivity contribution is 5.98. The number of aliphatic hydroxyl groups excluding tert-OH is 1. The largest absolute Gasteiger partial charge is 0.465 e. The third-order valence-electron chi connectivity index (χ3n) is 16.8. The SMILES string of the molecule is CC1(C)OC2CC(=O)OCC23C1C(=O)C(O)C1(C2CCCCC2)C3CCC2(C)C(C3=CC[OH+]C3CCC3CCC(C4=NC=NC4)CC3)OC(=O)C3OC321. The van der Waals surface area contributed by atoms with E-state index in [0.29, 0.717) is 31.3 Å². The van der Waals surface area contributed by atoms with E-state index in [2.05, 4.69) is 23.0 Å². The number of Topliss-reactive ketones (excluding diaryl/α,β-unsaturated/α-hetero) is 1. The van der Waals surface area contributed by atoms with Crippen molar-refractivity contribution in [2.75, 3.05) is 19.8 Å². The Morgan fingerprint density at radius 1 is 0.943 bits per heavy atom. The van der Waals surface area contributed by atoms with Gasteiger partial charge in [0, 0.05) is 34.5 Å². The molecule has 0 radical (unpaired) electrons. The molecule has 6 heterocycles. The highest BCUT2D eigenvalue weighted by atomic mass is 16.7. The first kappa shape index (κ1) is 35.0. The molecule has 11 heteroatoms. The fourth-order valence-corrected chi connectivity index (χ4v) is 14.8. The summed E-state index contributed by atoms with van der Waals surface area (Å²) in [6.07, 6.45) is 13.5. The van der Waals surface area contributed by atoms with Gasteiger partial charge in [-0.05, 0) is 95.3 Å². The molecule has 8 fully saturated rings. The van der Waals surface area contributed by atoms with Crippen molar-refractivity contribution in [2.24, 2.45) is 55.8 Å². The lowest BCUT2D eigenvalue weighted by atomic mass is 9.33. The van der Waals surface area contributed by atoms with E-state index < -0.39 is 57.8 Å². The number of fused-ring (bicyclic) bond motifs is 1. The molecule has 288 valence electrons. The molecule has 6 aliphatic heterocycles. The van der Waals surface area contributed by atoms with Crippen LogP contribution in [0.1, 0.15) is 111 Å². The smallest absolute Gasteiger partial charge is 0.339 e. The number of ketones is 1. The molecular formula is C42H57N2O9+. The minimum Gasteiger partial charge on any atom is -0.465 e. The van der Waals surface area contributed by atoms with E-state index in [1.807, 2.05) is 13.8 Å². The summed E-state index contributed by atoms with van der Waals surface area (Å²) in [4.78, 5) is 51.1. The summed E-state index contributed by atoms with van der Waals surface area (Å²) in [6.45, 7) is 7.50. The van der Waals surface area contributed by atoms with Gasteiger partial charge in [0.2, 0.25) is 0 Å². The number of carbonyl (C=O) groups is 3. The fraction of sp³-hybridized carbons (Fsp3) is 0.833. The Kier molecular flexibility index (Phi) is 7.93. The number of cyclic esters (lactones) is 2. The number of hydrogen-bond acceptors (Lipinski definition) is 10. The van der Waals surface area contributed by atoms with Crippen molar-refractivity contribution in [1.82, 2.24) is 0 Å². The molecule has 0 aromatic carbocycles. The minimum atomic E-state index is -1.34. The number of rotatable bonds is 6. The molecule has 2 N–H and O–H groups in total. The first-order chi connectivity index (χ1) is 25.5. The molecule has 0 aromatic rings. The van der Waals surface area contributed by atoms with Gasteiger partial charge in [0.25, 0.3) is 0 Å². The number of carbonyl (C=O) groups excluding carboxylic acids is 3. The maximum atomic E-state index is 15.1. The third-order valence-corrected chi connectivity index (χ3v) is 16.8. The van der Waals surface area contributed by atoms with Crippen LogP contribution in [0, 0.1) is 45.8 Å². The van der Waals surface area contributed by atoms with Crippen LogP contribution >= 0.6 is 0 Å². The Bertz CT molecular complexity index is 1670. The molecule has 0 amide bonds. The van der Waals surface area contributed by atoms with Crippen LogP contribution in [-0.2, 0) is 33.3 Å². The molecule has 0 aromatic heterocycles. The lowest BCUT2D eigenvalue weighted by molar-refractivity contribution is -0.272. The zero-order valence-corrected chi connectivity index (χ0v) is 31.6. The molecule has 4 saturated carbocycles. The normalized spacial score (nSPS) is 49.8. The van der Waals surface area contributed by atoms with E-state index in [9.17, 15) is 14.7 Å². The van der Waals surface area contributed by atoms with Gasteiger partial charge in [-0.2, -0.15) is 0 Å². The van der Waals surface area contributed by atoms with Gasteiger partial charge < -0.3 is 28.8 Å². The molecular weight excluding hydrogens is 676 g/mol. The second-order valence-corrected chi connectivity index (χ2v) is 19.2. The van der Waals surface area contributed by atoms with Crippen LogP contribution in [0.5, 0.6) is 0 Å². The van der Waals surface area contributed by atoms with Crippen LogP contribution in [-0.4, -0.2) is 101 Å². The number of ether oxygens (including phenoxy) is 5. The Morgan fingerprint density at radius 3 is 2.49 bits per heavy atom. The first-order valence-electron chi connectivity index (χ1n) is 20.8. The van der Waals surface area contributed by atoms with Gasteiger partial charge in [-0.1, -0.05) is 26.2 Å². The van der Waals surface area contributed by atoms with Crippen molar-refractivity contribution in [3.8, 4) is 0 Å². The van der Waals surface area contributed by atoms with Gasteiger partial charge in [-0.15, -0.1) is 0 Å². The van der Waals surface area contributed by atoms with Crippen molar-refractivity contribution in [1.29, 1.82) is 0 Å². The van der Waals surface area contributed by atoms with Crippen LogP contribution in [0.2, 0.25) is 0 Å².